The van der Waals surface area contributed by atoms with Gasteiger partial charge in [0.15, 0.2) is 0 Å². The van der Waals surface area contributed by atoms with Gasteiger partial charge >= 0.3 is 7.12 Å². The normalized spacial score (nSPS) is 18.0. The maximum atomic E-state index is 6.39. The molecule has 5 heteroatoms. The molecule has 1 aliphatic carbocycles. The lowest BCUT2D eigenvalue weighted by Gasteiger charge is -2.32. The fraction of sp³-hybridized carbons (Fsp3) is 0.222. The average Bonchev–Trinajstić information content (AvgIpc) is 3.43. The molecule has 0 unspecified atom stereocenters. The fourth-order valence-corrected chi connectivity index (χ4v) is 6.05. The molecule has 2 heterocycles. The van der Waals surface area contributed by atoms with Crippen molar-refractivity contribution in [1.29, 1.82) is 0 Å². The third kappa shape index (κ3) is 4.41. The molecule has 1 saturated heterocycles. The maximum absolute atomic E-state index is 6.39. The number of hydrogen-bond acceptors (Lipinski definition) is 3. The summed E-state index contributed by atoms with van der Waals surface area (Å²) in [7, 11) is -0.382. The summed E-state index contributed by atoms with van der Waals surface area (Å²) in [6.45, 7) is 8.41. The first-order valence-corrected chi connectivity index (χ1v) is 14.5. The van der Waals surface area contributed by atoms with E-state index in [1.54, 1.807) is 0 Å². The molecule has 204 valence electrons. The summed E-state index contributed by atoms with van der Waals surface area (Å²) in [5.74, 6) is 0. The third-order valence-electron chi connectivity index (χ3n) is 8.93. The molecule has 5 aromatic rings. The highest BCUT2D eigenvalue weighted by Gasteiger charge is 2.51. The van der Waals surface area contributed by atoms with E-state index in [0.717, 1.165) is 18.3 Å². The van der Waals surface area contributed by atoms with Gasteiger partial charge in [-0.1, -0.05) is 66.7 Å². The molecule has 0 saturated carbocycles. The molecule has 0 spiro atoms. The molecule has 1 aromatic heterocycles. The Labute approximate surface area is 242 Å². The van der Waals surface area contributed by atoms with Crippen molar-refractivity contribution in [3.05, 3.63) is 121 Å². The minimum Gasteiger partial charge on any atom is -0.399 e. The summed E-state index contributed by atoms with van der Waals surface area (Å²) in [5, 5.41) is 2.46. The lowest BCUT2D eigenvalue weighted by molar-refractivity contribution is 0.00578. The van der Waals surface area contributed by atoms with Crippen molar-refractivity contribution in [2.24, 2.45) is 0 Å². The second-order valence-corrected chi connectivity index (χ2v) is 12.0. The van der Waals surface area contributed by atoms with Gasteiger partial charge in [0.05, 0.1) is 22.2 Å². The van der Waals surface area contributed by atoms with Crippen molar-refractivity contribution in [2.45, 2.75) is 51.7 Å². The third-order valence-corrected chi connectivity index (χ3v) is 8.93. The van der Waals surface area contributed by atoms with Gasteiger partial charge in [0.1, 0.15) is 0 Å². The predicted molar refractivity (Wildman–Crippen MR) is 172 cm³/mol. The first kappa shape index (κ1) is 25.9. The Kier molecular flexibility index (Phi) is 6.18. The van der Waals surface area contributed by atoms with Gasteiger partial charge in [0.2, 0.25) is 0 Å². The molecule has 7 rings (SSSR count). The highest BCUT2D eigenvalue weighted by molar-refractivity contribution is 6.62. The van der Waals surface area contributed by atoms with Crippen molar-refractivity contribution in [3.63, 3.8) is 0 Å². The number of rotatable bonds is 5. The zero-order chi connectivity index (χ0) is 28.2. The number of nitrogens with zero attached hydrogens (tertiary/aromatic N) is 2. The van der Waals surface area contributed by atoms with Gasteiger partial charge in [0, 0.05) is 33.5 Å². The summed E-state index contributed by atoms with van der Waals surface area (Å²) in [5.41, 5.74) is 7.68. The van der Waals surface area contributed by atoms with Crippen molar-refractivity contribution in [3.8, 4) is 0 Å². The number of fused-ring (bicyclic) bond motifs is 3. The van der Waals surface area contributed by atoms with E-state index in [2.05, 4.69) is 152 Å². The van der Waals surface area contributed by atoms with Crippen LogP contribution in [0.5, 0.6) is 0 Å². The van der Waals surface area contributed by atoms with E-state index in [-0.39, 0.29) is 18.3 Å². The molecule has 4 nitrogen and oxygen atoms in total. The van der Waals surface area contributed by atoms with Crippen LogP contribution in [-0.4, -0.2) is 22.9 Å². The van der Waals surface area contributed by atoms with Gasteiger partial charge in [-0.05, 0) is 94.5 Å². The van der Waals surface area contributed by atoms with Gasteiger partial charge < -0.3 is 18.8 Å². The Morgan fingerprint density at radius 2 is 1.22 bits per heavy atom. The zero-order valence-electron chi connectivity index (χ0n) is 24.2. The van der Waals surface area contributed by atoms with Crippen LogP contribution in [0.15, 0.2) is 121 Å². The lowest BCUT2D eigenvalue weighted by atomic mass is 9.78. The van der Waals surface area contributed by atoms with Crippen LogP contribution in [0.25, 0.3) is 27.5 Å². The van der Waals surface area contributed by atoms with Crippen LogP contribution in [0.3, 0.4) is 0 Å². The number of para-hydroxylation sites is 3. The minimum atomic E-state index is -0.382. The topological polar surface area (TPSA) is 26.6 Å². The number of anilines is 2. The molecule has 1 aliphatic heterocycles. The summed E-state index contributed by atoms with van der Waals surface area (Å²) in [6, 6.07) is 36.6. The van der Waals surface area contributed by atoms with E-state index in [4.69, 9.17) is 9.31 Å². The number of benzene rings is 4. The second-order valence-electron chi connectivity index (χ2n) is 12.0. The van der Waals surface area contributed by atoms with E-state index in [0.29, 0.717) is 0 Å². The number of hydrogen-bond donors (Lipinski definition) is 0. The van der Waals surface area contributed by atoms with Crippen LogP contribution in [0.4, 0.5) is 11.4 Å². The standard InChI is InChI=1S/C36H35BN2O2/c1-35(2)36(3,4)41-37(40-35)26-19-24-34-32(25-26)31-17-11-12-18-33(31)39(34)30-22-20-29(21-23-30)38(27-13-7-5-8-14-27)28-15-9-6-10-16-28/h5-20,22,24-25H,21,23H2,1-4H3. The summed E-state index contributed by atoms with van der Waals surface area (Å²) in [6.07, 6.45) is 6.47. The van der Waals surface area contributed by atoms with Gasteiger partial charge in [-0.15, -0.1) is 0 Å². The van der Waals surface area contributed by atoms with Crippen LogP contribution >= 0.6 is 0 Å². The maximum Gasteiger partial charge on any atom is 0.494 e. The summed E-state index contributed by atoms with van der Waals surface area (Å²) < 4.78 is 15.2. The molecule has 4 aromatic carbocycles. The van der Waals surface area contributed by atoms with E-state index < -0.39 is 0 Å². The SMILES string of the molecule is CC1(C)OB(c2ccc3c(c2)c2ccccc2n3C2=CC=C(N(c3ccccc3)c3ccccc3)CC2)OC1(C)C. The molecular weight excluding hydrogens is 503 g/mol. The van der Waals surface area contributed by atoms with E-state index in [1.807, 2.05) is 0 Å². The average molecular weight is 539 g/mol. The van der Waals surface area contributed by atoms with Gasteiger partial charge in [0.25, 0.3) is 0 Å². The molecule has 41 heavy (non-hydrogen) atoms. The van der Waals surface area contributed by atoms with Gasteiger partial charge in [-0.25, -0.2) is 0 Å². The first-order chi connectivity index (χ1) is 19.8. The summed E-state index contributed by atoms with van der Waals surface area (Å²) >= 11 is 0. The molecule has 1 fully saturated rings. The Morgan fingerprint density at radius 1 is 0.634 bits per heavy atom. The molecule has 0 amide bonds. The molecular formula is C36H35BN2O2. The largest absolute Gasteiger partial charge is 0.494 e. The van der Waals surface area contributed by atoms with Crippen LogP contribution in [-0.2, 0) is 9.31 Å². The number of aromatic nitrogens is 1. The van der Waals surface area contributed by atoms with Crippen molar-refractivity contribution < 1.29 is 9.31 Å². The Morgan fingerprint density at radius 3 is 1.83 bits per heavy atom. The zero-order valence-corrected chi connectivity index (χ0v) is 24.2. The summed E-state index contributed by atoms with van der Waals surface area (Å²) in [4.78, 5) is 2.37. The van der Waals surface area contributed by atoms with E-state index in [9.17, 15) is 0 Å². The van der Waals surface area contributed by atoms with Crippen molar-refractivity contribution in [2.75, 3.05) is 4.90 Å². The molecule has 2 aliphatic rings. The van der Waals surface area contributed by atoms with Crippen LogP contribution in [0.1, 0.15) is 40.5 Å². The quantitative estimate of drug-likeness (QED) is 0.210. The Bertz CT molecular complexity index is 1750. The van der Waals surface area contributed by atoms with E-state index in [1.165, 1.54) is 44.6 Å². The lowest BCUT2D eigenvalue weighted by Crippen LogP contribution is -2.41. The Balaban J connectivity index is 1.30. The molecule has 0 atom stereocenters. The Hall–Kier alpha value is -4.06. The molecule has 0 radical (unpaired) electrons. The molecule has 0 bridgehead atoms. The van der Waals surface area contributed by atoms with Crippen molar-refractivity contribution in [1.82, 2.24) is 4.57 Å². The van der Waals surface area contributed by atoms with Crippen molar-refractivity contribution >= 4 is 51.5 Å². The monoisotopic (exact) mass is 538 g/mol. The minimum absolute atomic E-state index is 0.370. The van der Waals surface area contributed by atoms with Crippen LogP contribution < -0.4 is 10.4 Å². The number of allylic oxidation sites excluding steroid dienone is 4. The fourth-order valence-electron chi connectivity index (χ4n) is 6.05. The van der Waals surface area contributed by atoms with Gasteiger partial charge in [-0.2, -0.15) is 0 Å². The smallest absolute Gasteiger partial charge is 0.399 e. The van der Waals surface area contributed by atoms with Crippen LogP contribution in [0, 0.1) is 0 Å². The highest BCUT2D eigenvalue weighted by atomic mass is 16.7. The molecule has 0 N–H and O–H groups in total. The highest BCUT2D eigenvalue weighted by Crippen LogP contribution is 2.39. The van der Waals surface area contributed by atoms with Crippen LogP contribution in [0.2, 0.25) is 0 Å². The van der Waals surface area contributed by atoms with E-state index >= 15 is 0 Å². The van der Waals surface area contributed by atoms with Gasteiger partial charge in [-0.3, -0.25) is 0 Å². The second kappa shape index (κ2) is 9.79. The first-order valence-electron chi connectivity index (χ1n) is 14.5. The predicted octanol–water partition coefficient (Wildman–Crippen LogP) is 8.45.